The molecule has 0 unspecified atom stereocenters. The molecule has 0 bridgehead atoms. The SMILES string of the molecule is Cc1cc(NC(=O)c2ccc(N)c(I)c2)n(C)n1. The number of benzene rings is 1. The maximum Gasteiger partial charge on any atom is 0.256 e. The van der Waals surface area contributed by atoms with Crippen molar-refractivity contribution in [2.24, 2.45) is 7.05 Å². The van der Waals surface area contributed by atoms with Gasteiger partial charge in [0, 0.05) is 27.9 Å². The van der Waals surface area contributed by atoms with Crippen molar-refractivity contribution in [1.29, 1.82) is 0 Å². The van der Waals surface area contributed by atoms with Crippen molar-refractivity contribution < 1.29 is 4.79 Å². The lowest BCUT2D eigenvalue weighted by Gasteiger charge is -2.06. The van der Waals surface area contributed by atoms with Crippen LogP contribution in [0.3, 0.4) is 0 Å². The average Bonchev–Trinajstić information content (AvgIpc) is 2.61. The molecule has 5 nitrogen and oxygen atoms in total. The van der Waals surface area contributed by atoms with Gasteiger partial charge in [0.2, 0.25) is 0 Å². The molecule has 0 radical (unpaired) electrons. The van der Waals surface area contributed by atoms with Gasteiger partial charge in [-0.3, -0.25) is 9.48 Å². The van der Waals surface area contributed by atoms with E-state index in [1.165, 1.54) is 0 Å². The molecular formula is C12H13IN4O. The Kier molecular flexibility index (Phi) is 3.55. The molecule has 0 aliphatic carbocycles. The first-order chi connectivity index (χ1) is 8.47. The second kappa shape index (κ2) is 4.97. The molecule has 0 saturated heterocycles. The smallest absolute Gasteiger partial charge is 0.256 e. The lowest BCUT2D eigenvalue weighted by Crippen LogP contribution is -2.14. The first kappa shape index (κ1) is 12.9. The fourth-order valence-electron chi connectivity index (χ4n) is 1.58. The zero-order valence-corrected chi connectivity index (χ0v) is 12.2. The minimum atomic E-state index is -0.170. The van der Waals surface area contributed by atoms with Gasteiger partial charge in [-0.05, 0) is 47.7 Å². The summed E-state index contributed by atoms with van der Waals surface area (Å²) in [4.78, 5) is 12.0. The Morgan fingerprint density at radius 3 is 2.72 bits per heavy atom. The highest BCUT2D eigenvalue weighted by Crippen LogP contribution is 2.17. The maximum atomic E-state index is 12.0. The molecule has 0 saturated carbocycles. The van der Waals surface area contributed by atoms with Gasteiger partial charge >= 0.3 is 0 Å². The summed E-state index contributed by atoms with van der Waals surface area (Å²) in [5.41, 5.74) is 7.82. The summed E-state index contributed by atoms with van der Waals surface area (Å²) >= 11 is 2.10. The predicted octanol–water partition coefficient (Wildman–Crippen LogP) is 2.17. The van der Waals surface area contributed by atoms with Gasteiger partial charge in [0.1, 0.15) is 5.82 Å². The van der Waals surface area contributed by atoms with E-state index in [2.05, 4.69) is 33.0 Å². The van der Waals surface area contributed by atoms with Gasteiger partial charge in [0.05, 0.1) is 5.69 Å². The van der Waals surface area contributed by atoms with Crippen molar-refractivity contribution in [2.45, 2.75) is 6.92 Å². The molecule has 0 aliphatic heterocycles. The Hall–Kier alpha value is -1.57. The highest BCUT2D eigenvalue weighted by atomic mass is 127. The van der Waals surface area contributed by atoms with Gasteiger partial charge < -0.3 is 11.1 Å². The van der Waals surface area contributed by atoms with E-state index < -0.39 is 0 Å². The van der Waals surface area contributed by atoms with Crippen LogP contribution in [0.1, 0.15) is 16.1 Å². The van der Waals surface area contributed by atoms with Crippen molar-refractivity contribution in [2.75, 3.05) is 11.1 Å². The number of anilines is 2. The molecule has 94 valence electrons. The fraction of sp³-hybridized carbons (Fsp3) is 0.167. The van der Waals surface area contributed by atoms with Crippen molar-refractivity contribution in [3.05, 3.63) is 39.1 Å². The number of hydrogen-bond donors (Lipinski definition) is 2. The summed E-state index contributed by atoms with van der Waals surface area (Å²) in [6.07, 6.45) is 0. The number of nitrogen functional groups attached to an aromatic ring is 1. The zero-order valence-electron chi connectivity index (χ0n) is 10.1. The molecule has 6 heteroatoms. The molecule has 3 N–H and O–H groups in total. The van der Waals surface area contributed by atoms with Gasteiger partial charge in [0.15, 0.2) is 0 Å². The third kappa shape index (κ3) is 2.63. The number of carbonyl (C=O) groups is 1. The second-order valence-electron chi connectivity index (χ2n) is 3.98. The number of rotatable bonds is 2. The molecule has 1 heterocycles. The van der Waals surface area contributed by atoms with Crippen LogP contribution in [0.25, 0.3) is 0 Å². The Morgan fingerprint density at radius 2 is 2.17 bits per heavy atom. The number of amides is 1. The van der Waals surface area contributed by atoms with E-state index in [1.807, 2.05) is 13.0 Å². The van der Waals surface area contributed by atoms with Gasteiger partial charge in [-0.15, -0.1) is 0 Å². The van der Waals surface area contributed by atoms with Crippen molar-refractivity contribution in [3.8, 4) is 0 Å². The van der Waals surface area contributed by atoms with Gasteiger partial charge in [-0.1, -0.05) is 0 Å². The number of nitrogens with two attached hydrogens (primary N) is 1. The molecule has 2 aromatic rings. The molecule has 1 aromatic carbocycles. The summed E-state index contributed by atoms with van der Waals surface area (Å²) < 4.78 is 2.50. The van der Waals surface area contributed by atoms with E-state index in [1.54, 1.807) is 29.9 Å². The summed E-state index contributed by atoms with van der Waals surface area (Å²) in [5, 5.41) is 6.98. The zero-order chi connectivity index (χ0) is 13.3. The molecule has 1 amide bonds. The fourth-order valence-corrected chi connectivity index (χ4v) is 2.10. The quantitative estimate of drug-likeness (QED) is 0.640. The van der Waals surface area contributed by atoms with E-state index in [4.69, 9.17) is 5.73 Å². The summed E-state index contributed by atoms with van der Waals surface area (Å²) in [7, 11) is 1.79. The van der Waals surface area contributed by atoms with E-state index in [9.17, 15) is 4.79 Å². The summed E-state index contributed by atoms with van der Waals surface area (Å²) in [6, 6.07) is 7.01. The molecule has 18 heavy (non-hydrogen) atoms. The Labute approximate surface area is 119 Å². The van der Waals surface area contributed by atoms with Crippen LogP contribution in [-0.4, -0.2) is 15.7 Å². The normalized spacial score (nSPS) is 10.4. The number of nitrogens with one attached hydrogen (secondary N) is 1. The standard InChI is InChI=1S/C12H13IN4O/c1-7-5-11(17(2)16-7)15-12(18)8-3-4-10(14)9(13)6-8/h3-6H,14H2,1-2H3,(H,15,18). The van der Waals surface area contributed by atoms with Crippen LogP contribution in [-0.2, 0) is 7.05 Å². The average molecular weight is 356 g/mol. The number of aryl methyl sites for hydroxylation is 2. The second-order valence-corrected chi connectivity index (χ2v) is 5.15. The molecule has 0 atom stereocenters. The van der Waals surface area contributed by atoms with Crippen molar-refractivity contribution in [1.82, 2.24) is 9.78 Å². The maximum absolute atomic E-state index is 12.0. The third-order valence-electron chi connectivity index (χ3n) is 2.51. The minimum Gasteiger partial charge on any atom is -0.398 e. The lowest BCUT2D eigenvalue weighted by atomic mass is 10.2. The Morgan fingerprint density at radius 1 is 1.44 bits per heavy atom. The topological polar surface area (TPSA) is 72.9 Å². The van der Waals surface area contributed by atoms with Gasteiger partial charge in [-0.2, -0.15) is 5.10 Å². The number of carbonyl (C=O) groups excluding carboxylic acids is 1. The van der Waals surface area contributed by atoms with E-state index in [0.717, 1.165) is 9.26 Å². The molecule has 0 spiro atoms. The predicted molar refractivity (Wildman–Crippen MR) is 79.5 cm³/mol. The third-order valence-corrected chi connectivity index (χ3v) is 3.44. The van der Waals surface area contributed by atoms with Crippen molar-refractivity contribution in [3.63, 3.8) is 0 Å². The van der Waals surface area contributed by atoms with Crippen LogP contribution in [0, 0.1) is 10.5 Å². The largest absolute Gasteiger partial charge is 0.398 e. The van der Waals surface area contributed by atoms with Crippen LogP contribution in [0.2, 0.25) is 0 Å². The first-order valence-corrected chi connectivity index (χ1v) is 6.42. The lowest BCUT2D eigenvalue weighted by molar-refractivity contribution is 0.102. The van der Waals surface area contributed by atoms with Crippen LogP contribution in [0.15, 0.2) is 24.3 Å². The summed E-state index contributed by atoms with van der Waals surface area (Å²) in [6.45, 7) is 1.88. The van der Waals surface area contributed by atoms with Crippen LogP contribution < -0.4 is 11.1 Å². The molecule has 0 aliphatic rings. The van der Waals surface area contributed by atoms with E-state index in [-0.39, 0.29) is 5.91 Å². The molecular weight excluding hydrogens is 343 g/mol. The highest BCUT2D eigenvalue weighted by Gasteiger charge is 2.10. The number of halogens is 1. The molecule has 1 aromatic heterocycles. The number of aromatic nitrogens is 2. The van der Waals surface area contributed by atoms with Gasteiger partial charge in [0.25, 0.3) is 5.91 Å². The molecule has 0 fully saturated rings. The van der Waals surface area contributed by atoms with E-state index >= 15 is 0 Å². The van der Waals surface area contributed by atoms with Crippen LogP contribution in [0.4, 0.5) is 11.5 Å². The van der Waals surface area contributed by atoms with Crippen molar-refractivity contribution >= 4 is 40.0 Å². The Balaban J connectivity index is 2.22. The molecule has 2 rings (SSSR count). The Bertz CT molecular complexity index is 606. The minimum absolute atomic E-state index is 0.170. The van der Waals surface area contributed by atoms with Crippen LogP contribution in [0.5, 0.6) is 0 Å². The van der Waals surface area contributed by atoms with Gasteiger partial charge in [-0.25, -0.2) is 0 Å². The number of hydrogen-bond acceptors (Lipinski definition) is 3. The highest BCUT2D eigenvalue weighted by molar-refractivity contribution is 14.1. The first-order valence-electron chi connectivity index (χ1n) is 5.34. The monoisotopic (exact) mass is 356 g/mol. The van der Waals surface area contributed by atoms with E-state index in [0.29, 0.717) is 17.1 Å². The van der Waals surface area contributed by atoms with Crippen LogP contribution >= 0.6 is 22.6 Å². The number of nitrogens with zero attached hydrogens (tertiary/aromatic N) is 2. The summed E-state index contributed by atoms with van der Waals surface area (Å²) in [5.74, 6) is 0.500.